The lowest BCUT2D eigenvalue weighted by Crippen LogP contribution is -2.44. The minimum Gasteiger partial charge on any atom is -0.364 e. The average molecular weight is 751 g/mol. The molecule has 2 aromatic carbocycles. The molecule has 6 aromatic rings. The molecular formula is C37H42N12O4S. The van der Waals surface area contributed by atoms with Crippen molar-refractivity contribution in [3.63, 3.8) is 0 Å². The van der Waals surface area contributed by atoms with Crippen molar-refractivity contribution in [1.29, 1.82) is 0 Å². The Morgan fingerprint density at radius 3 is 2.24 bits per heavy atom. The number of amides is 2. The van der Waals surface area contributed by atoms with Gasteiger partial charge in [-0.15, -0.1) is 9.19 Å². The van der Waals surface area contributed by atoms with Crippen LogP contribution in [0.3, 0.4) is 0 Å². The van der Waals surface area contributed by atoms with Crippen molar-refractivity contribution in [3.8, 4) is 0 Å². The Kier molecular flexibility index (Phi) is 11.0. The number of pyridine rings is 1. The van der Waals surface area contributed by atoms with Crippen molar-refractivity contribution in [2.45, 2.75) is 77.5 Å². The summed E-state index contributed by atoms with van der Waals surface area (Å²) in [5, 5.41) is 16.4. The monoisotopic (exact) mass is 750 g/mol. The van der Waals surface area contributed by atoms with E-state index in [4.69, 9.17) is 9.97 Å². The second-order valence-corrected chi connectivity index (χ2v) is 15.0. The van der Waals surface area contributed by atoms with Gasteiger partial charge in [0.2, 0.25) is 5.95 Å². The highest BCUT2D eigenvalue weighted by molar-refractivity contribution is 7.89. The molecule has 0 saturated heterocycles. The molecule has 54 heavy (non-hydrogen) atoms. The summed E-state index contributed by atoms with van der Waals surface area (Å²) in [6.45, 7) is 12.6. The van der Waals surface area contributed by atoms with Gasteiger partial charge in [0.25, 0.3) is 21.8 Å². The molecule has 2 atom stereocenters. The van der Waals surface area contributed by atoms with Gasteiger partial charge in [-0.1, -0.05) is 6.92 Å². The van der Waals surface area contributed by atoms with Crippen LogP contribution in [0.1, 0.15) is 77.7 Å². The predicted molar refractivity (Wildman–Crippen MR) is 205 cm³/mol. The first-order valence-electron chi connectivity index (χ1n) is 17.4. The highest BCUT2D eigenvalue weighted by Gasteiger charge is 2.22. The van der Waals surface area contributed by atoms with Crippen molar-refractivity contribution >= 4 is 50.5 Å². The number of aromatic nitrogens is 8. The van der Waals surface area contributed by atoms with E-state index in [2.05, 4.69) is 62.1 Å². The molecule has 0 aliphatic carbocycles. The molecule has 4 heterocycles. The first kappa shape index (κ1) is 37.5. The van der Waals surface area contributed by atoms with Crippen LogP contribution in [0.2, 0.25) is 0 Å². The van der Waals surface area contributed by atoms with Crippen LogP contribution in [0.25, 0.3) is 11.2 Å². The predicted octanol–water partition coefficient (Wildman–Crippen LogP) is 5.12. The number of hydrogen-bond acceptors (Lipinski definition) is 12. The number of aryl methyl sites for hydroxylation is 2. The fourth-order valence-electron chi connectivity index (χ4n) is 5.82. The molecule has 4 N–H and O–H groups in total. The largest absolute Gasteiger partial charge is 0.364 e. The van der Waals surface area contributed by atoms with Crippen LogP contribution in [0.4, 0.5) is 17.5 Å². The molecule has 4 aromatic heterocycles. The minimum atomic E-state index is -3.91. The van der Waals surface area contributed by atoms with Gasteiger partial charge in [-0.3, -0.25) is 14.6 Å². The lowest BCUT2D eigenvalue weighted by molar-refractivity contribution is 0.0935. The van der Waals surface area contributed by atoms with Crippen LogP contribution in [0.15, 0.2) is 84.7 Å². The number of benzene rings is 2. The summed E-state index contributed by atoms with van der Waals surface area (Å²) < 4.78 is 28.0. The van der Waals surface area contributed by atoms with Crippen LogP contribution in [-0.4, -0.2) is 71.0 Å². The molecule has 17 heteroatoms. The van der Waals surface area contributed by atoms with Gasteiger partial charge >= 0.3 is 0 Å². The number of imidazole rings is 1. The fourth-order valence-corrected chi connectivity index (χ4v) is 6.87. The quantitative estimate of drug-likeness (QED) is 0.115. The van der Waals surface area contributed by atoms with Gasteiger partial charge < -0.3 is 25.8 Å². The maximum absolute atomic E-state index is 13.3. The Balaban J connectivity index is 1.10. The molecule has 0 bridgehead atoms. The van der Waals surface area contributed by atoms with E-state index in [0.717, 1.165) is 33.6 Å². The number of fused-ring (bicyclic) bond motifs is 1. The van der Waals surface area contributed by atoms with E-state index in [-0.39, 0.29) is 34.5 Å². The molecular weight excluding hydrogens is 709 g/mol. The maximum atomic E-state index is 13.3. The number of carbonyl (C=O) groups is 2. The molecule has 0 aliphatic heterocycles. The first-order valence-corrected chi connectivity index (χ1v) is 18.9. The summed E-state index contributed by atoms with van der Waals surface area (Å²) in [6, 6.07) is 13.6. The number of rotatable bonds is 14. The zero-order valence-corrected chi connectivity index (χ0v) is 31.6. The topological polar surface area (TPSA) is 204 Å². The molecule has 16 nitrogen and oxygen atoms in total. The summed E-state index contributed by atoms with van der Waals surface area (Å²) in [5.74, 6) is 0.266. The summed E-state index contributed by atoms with van der Waals surface area (Å²) >= 11 is 0. The van der Waals surface area contributed by atoms with Crippen LogP contribution in [0.5, 0.6) is 0 Å². The van der Waals surface area contributed by atoms with E-state index < -0.39 is 15.9 Å². The molecule has 6 rings (SSSR count). The number of carbonyl (C=O) groups excluding carboxylic acids is 2. The molecule has 0 fully saturated rings. The van der Waals surface area contributed by atoms with Gasteiger partial charge in [0, 0.05) is 53.4 Å². The Bertz CT molecular complexity index is 2380. The summed E-state index contributed by atoms with van der Waals surface area (Å²) in [5.41, 5.74) is 5.60. The number of nitrogens with zero attached hydrogens (tertiary/aromatic N) is 8. The Morgan fingerprint density at radius 1 is 0.889 bits per heavy atom. The third kappa shape index (κ3) is 8.20. The Hall–Kier alpha value is -6.23. The summed E-state index contributed by atoms with van der Waals surface area (Å²) in [6.07, 6.45) is 6.51. The third-order valence-corrected chi connectivity index (χ3v) is 10.5. The lowest BCUT2D eigenvalue weighted by atomic mass is 10.1. The van der Waals surface area contributed by atoms with Crippen molar-refractivity contribution in [2.24, 2.45) is 0 Å². The zero-order chi connectivity index (χ0) is 38.6. The summed E-state index contributed by atoms with van der Waals surface area (Å²) in [7, 11) is -3.91. The molecule has 0 unspecified atom stereocenters. The molecule has 0 radical (unpaired) electrons. The average Bonchev–Trinajstić information content (AvgIpc) is 3.86. The van der Waals surface area contributed by atoms with Gasteiger partial charge in [-0.25, -0.2) is 9.97 Å². The highest BCUT2D eigenvalue weighted by Crippen LogP contribution is 2.25. The SMILES string of the molecule is CC[C@H](Nc1nc(NCc2cnc(C)cc2C)c2ncn(C(C)C)c2n1)[C@@H](C)NC(=O)c1ccc(NC(=O)c2ccc(S(=O)(=O)n3cncn3)cc2)cc1. The van der Waals surface area contributed by atoms with Gasteiger partial charge in [-0.2, -0.15) is 18.4 Å². The molecule has 0 saturated carbocycles. The van der Waals surface area contributed by atoms with Gasteiger partial charge in [-0.05, 0) is 107 Å². The zero-order valence-electron chi connectivity index (χ0n) is 30.8. The van der Waals surface area contributed by atoms with Gasteiger partial charge in [0.15, 0.2) is 17.0 Å². The minimum absolute atomic E-state index is 0.0366. The van der Waals surface area contributed by atoms with Gasteiger partial charge in [0.05, 0.1) is 11.2 Å². The second kappa shape index (κ2) is 15.8. The van der Waals surface area contributed by atoms with E-state index >= 15 is 0 Å². The smallest absolute Gasteiger partial charge is 0.284 e. The van der Waals surface area contributed by atoms with E-state index in [9.17, 15) is 18.0 Å². The molecule has 0 spiro atoms. The van der Waals surface area contributed by atoms with Gasteiger partial charge in [0.1, 0.15) is 12.7 Å². The van der Waals surface area contributed by atoms with Crippen molar-refractivity contribution in [2.75, 3.05) is 16.0 Å². The van der Waals surface area contributed by atoms with Crippen molar-refractivity contribution < 1.29 is 18.0 Å². The second-order valence-electron chi connectivity index (χ2n) is 13.2. The van der Waals surface area contributed by atoms with Crippen molar-refractivity contribution in [1.82, 2.24) is 44.0 Å². The standard InChI is InChI=1S/C37H42N12O4S/c1-7-31(45-37-46-33(32-34(47-37)48(21-41-32)22(2)3)40-18-28-17-39-24(5)16-23(28)4)25(6)43-35(50)26-8-12-29(13-9-26)44-36(51)27-10-14-30(15-11-27)54(52,53)49-20-38-19-42-49/h8-17,19-22,25,31H,7,18H2,1-6H3,(H,43,50)(H,44,51)(H2,40,45,46,47)/t25-,31+/m1/s1. The number of nitrogens with one attached hydrogen (secondary N) is 4. The molecule has 280 valence electrons. The van der Waals surface area contributed by atoms with Crippen LogP contribution in [0, 0.1) is 13.8 Å². The Morgan fingerprint density at radius 2 is 1.59 bits per heavy atom. The van der Waals surface area contributed by atoms with E-state index in [0.29, 0.717) is 47.1 Å². The Labute approximate surface area is 312 Å². The van der Waals surface area contributed by atoms with E-state index in [1.807, 2.05) is 37.6 Å². The first-order chi connectivity index (χ1) is 25.8. The van der Waals surface area contributed by atoms with E-state index in [1.54, 1.807) is 30.6 Å². The number of anilines is 3. The van der Waals surface area contributed by atoms with Crippen LogP contribution in [-0.2, 0) is 16.6 Å². The van der Waals surface area contributed by atoms with Crippen LogP contribution < -0.4 is 21.3 Å². The number of hydrogen-bond donors (Lipinski definition) is 4. The molecule has 0 aliphatic rings. The van der Waals surface area contributed by atoms with Crippen LogP contribution >= 0.6 is 0 Å². The maximum Gasteiger partial charge on any atom is 0.284 e. The highest BCUT2D eigenvalue weighted by atomic mass is 32.2. The third-order valence-electron chi connectivity index (χ3n) is 8.96. The lowest BCUT2D eigenvalue weighted by Gasteiger charge is -2.25. The fraction of sp³-hybridized carbons (Fsp3) is 0.297. The summed E-state index contributed by atoms with van der Waals surface area (Å²) in [4.78, 5) is 48.5. The normalized spacial score (nSPS) is 12.7. The molecule has 2 amide bonds. The van der Waals surface area contributed by atoms with Crippen molar-refractivity contribution in [3.05, 3.63) is 108 Å². The van der Waals surface area contributed by atoms with E-state index in [1.165, 1.54) is 24.3 Å².